The molecule has 3 saturated heterocycles. The minimum absolute atomic E-state index is 0.0592. The number of amides is 3. The van der Waals surface area contributed by atoms with Crippen LogP contribution in [0.15, 0.2) is 64.4 Å². The Kier molecular flexibility index (Phi) is 11.2. The van der Waals surface area contributed by atoms with E-state index in [2.05, 4.69) is 49.7 Å². The van der Waals surface area contributed by atoms with Crippen LogP contribution in [0.3, 0.4) is 0 Å². The number of sulfonamides is 1. The minimum atomic E-state index is -4.80. The number of urea groups is 1. The minimum Gasteiger partial charge on any atom is -0.351 e. The van der Waals surface area contributed by atoms with E-state index in [1.54, 1.807) is 22.9 Å². The lowest BCUT2D eigenvalue weighted by Crippen LogP contribution is -2.49. The first-order valence-electron chi connectivity index (χ1n) is 20.1. The van der Waals surface area contributed by atoms with Gasteiger partial charge < -0.3 is 10.2 Å². The van der Waals surface area contributed by atoms with Gasteiger partial charge in [0.15, 0.2) is 5.82 Å². The van der Waals surface area contributed by atoms with Crippen molar-refractivity contribution in [3.8, 4) is 0 Å². The van der Waals surface area contributed by atoms with Crippen LogP contribution < -0.4 is 21.1 Å². The third-order valence-electron chi connectivity index (χ3n) is 12.0. The number of hydrogen-bond donors (Lipinski definition) is 2. The number of likely N-dealkylation sites (tertiary alicyclic amines) is 1. The molecule has 60 heavy (non-hydrogen) atoms. The summed E-state index contributed by atoms with van der Waals surface area (Å²) >= 11 is 0. The molecule has 3 aliphatic heterocycles. The van der Waals surface area contributed by atoms with Crippen molar-refractivity contribution < 1.29 is 31.2 Å². The maximum absolute atomic E-state index is 13.8. The number of hydrogen-bond acceptors (Lipinski definition) is 10. The number of nitrogens with zero attached hydrogens (tertiary/aromatic N) is 8. The first-order chi connectivity index (χ1) is 28.5. The number of aryl methyl sites for hydroxylation is 2. The van der Waals surface area contributed by atoms with E-state index in [9.17, 15) is 36.0 Å². The van der Waals surface area contributed by atoms with Gasteiger partial charge in [-0.2, -0.15) is 27.6 Å². The molecule has 0 aliphatic carbocycles. The molecule has 6 heterocycles. The van der Waals surface area contributed by atoms with Crippen molar-refractivity contribution in [1.29, 1.82) is 0 Å². The van der Waals surface area contributed by atoms with Crippen molar-refractivity contribution in [2.45, 2.75) is 68.5 Å². The third-order valence-corrected chi connectivity index (χ3v) is 13.9. The Balaban J connectivity index is 0.829. The van der Waals surface area contributed by atoms with Gasteiger partial charge in [-0.05, 0) is 98.5 Å². The monoisotopic (exact) mass is 848 g/mol. The highest BCUT2D eigenvalue weighted by molar-refractivity contribution is 7.89. The van der Waals surface area contributed by atoms with Crippen LogP contribution in [0.25, 0.3) is 21.9 Å². The number of fused-ring (bicyclic) bond motifs is 2. The highest BCUT2D eigenvalue weighted by atomic mass is 32.2. The molecule has 2 N–H and O–H groups in total. The van der Waals surface area contributed by atoms with Gasteiger partial charge in [0.05, 0.1) is 10.4 Å². The number of pyridine rings is 1. The molecule has 3 aromatic heterocycles. The predicted octanol–water partition coefficient (Wildman–Crippen LogP) is 5.00. The number of halogens is 3. The standard InChI is InChI=1S/C41H47F3N10O5S/c1-25(24-52-14-9-27(10-15-52)28-7-8-32-34(22-28)51(3)49-37(32)54-18-13-35(55)47-40(54)57)19-26-5-4-6-31(20-26)60(58,59)53-16-11-30(12-17-53)46-39-45-23-29-21-33(41(42,43)44)38(56)50(2)36(29)48-39/h4-8,20-23,25,27,30H,9-19,24H2,1-3H3,(H,45,46,48)(H,47,55,57). The molecule has 1 unspecified atom stereocenters. The van der Waals surface area contributed by atoms with Crippen molar-refractivity contribution in [2.75, 3.05) is 49.5 Å². The Labute approximate surface area is 344 Å². The van der Waals surface area contributed by atoms with Gasteiger partial charge in [0.2, 0.25) is 21.9 Å². The molecule has 2 aromatic carbocycles. The summed E-state index contributed by atoms with van der Waals surface area (Å²) in [4.78, 5) is 49.2. The fourth-order valence-electron chi connectivity index (χ4n) is 8.76. The zero-order chi connectivity index (χ0) is 42.5. The maximum Gasteiger partial charge on any atom is 0.421 e. The van der Waals surface area contributed by atoms with Gasteiger partial charge in [-0.15, -0.1) is 0 Å². The smallest absolute Gasteiger partial charge is 0.351 e. The second-order valence-electron chi connectivity index (χ2n) is 16.2. The van der Waals surface area contributed by atoms with Crippen molar-refractivity contribution >= 4 is 55.7 Å². The molecule has 318 valence electrons. The predicted molar refractivity (Wildman–Crippen MR) is 219 cm³/mol. The van der Waals surface area contributed by atoms with Crippen molar-refractivity contribution in [3.63, 3.8) is 0 Å². The summed E-state index contributed by atoms with van der Waals surface area (Å²) in [5.41, 5.74) is 0.708. The number of aromatic nitrogens is 5. The summed E-state index contributed by atoms with van der Waals surface area (Å²) in [6.45, 7) is 5.78. The summed E-state index contributed by atoms with van der Waals surface area (Å²) in [6, 6.07) is 13.6. The molecule has 3 fully saturated rings. The highest BCUT2D eigenvalue weighted by Gasteiger charge is 2.36. The number of rotatable bonds is 10. The van der Waals surface area contributed by atoms with Gasteiger partial charge in [0.1, 0.15) is 11.2 Å². The second kappa shape index (κ2) is 16.2. The van der Waals surface area contributed by atoms with Crippen LogP contribution >= 0.6 is 0 Å². The lowest BCUT2D eigenvalue weighted by atomic mass is 9.88. The van der Waals surface area contributed by atoms with E-state index in [4.69, 9.17) is 0 Å². The summed E-state index contributed by atoms with van der Waals surface area (Å²) < 4.78 is 71.7. The van der Waals surface area contributed by atoms with Crippen LogP contribution in [-0.2, 0) is 41.5 Å². The zero-order valence-electron chi connectivity index (χ0n) is 33.6. The van der Waals surface area contributed by atoms with Crippen molar-refractivity contribution in [3.05, 3.63) is 81.8 Å². The summed E-state index contributed by atoms with van der Waals surface area (Å²) in [6.07, 6.45) is 0.327. The molecular formula is C41H47F3N10O5S. The summed E-state index contributed by atoms with van der Waals surface area (Å²) in [7, 11) is -0.664. The molecule has 0 radical (unpaired) electrons. The van der Waals surface area contributed by atoms with E-state index < -0.39 is 33.4 Å². The Bertz CT molecular complexity index is 2630. The Morgan fingerprint density at radius 2 is 1.70 bits per heavy atom. The number of benzene rings is 2. The van der Waals surface area contributed by atoms with Crippen LogP contribution in [0.5, 0.6) is 0 Å². The molecule has 1 atom stereocenters. The molecule has 19 heteroatoms. The Morgan fingerprint density at radius 1 is 0.950 bits per heavy atom. The van der Waals surface area contributed by atoms with E-state index in [0.717, 1.165) is 66.0 Å². The number of carbonyl (C=O) groups excluding carboxylic acids is 2. The van der Waals surface area contributed by atoms with Gasteiger partial charge >= 0.3 is 12.2 Å². The lowest BCUT2D eigenvalue weighted by Gasteiger charge is -2.34. The normalized spacial score (nSPS) is 18.7. The topological polar surface area (TPSA) is 168 Å². The van der Waals surface area contributed by atoms with Gasteiger partial charge in [-0.3, -0.25) is 29.1 Å². The fourth-order valence-corrected chi connectivity index (χ4v) is 10.3. The Morgan fingerprint density at radius 3 is 2.42 bits per heavy atom. The van der Waals surface area contributed by atoms with Crippen molar-refractivity contribution in [2.24, 2.45) is 20.0 Å². The van der Waals surface area contributed by atoms with Gasteiger partial charge in [0, 0.05) is 69.7 Å². The van der Waals surface area contributed by atoms with Crippen LogP contribution in [0, 0.1) is 5.92 Å². The maximum atomic E-state index is 13.8. The molecule has 0 spiro atoms. The highest BCUT2D eigenvalue weighted by Crippen LogP contribution is 2.34. The van der Waals surface area contributed by atoms with Gasteiger partial charge in [-0.25, -0.2) is 18.2 Å². The van der Waals surface area contributed by atoms with Crippen molar-refractivity contribution in [1.82, 2.24) is 38.8 Å². The molecule has 3 amide bonds. The molecular weight excluding hydrogens is 802 g/mol. The lowest BCUT2D eigenvalue weighted by molar-refractivity contribution is -0.138. The van der Waals surface area contributed by atoms with Gasteiger partial charge in [-0.1, -0.05) is 25.1 Å². The van der Waals surface area contributed by atoms with Crippen LogP contribution in [0.1, 0.15) is 61.6 Å². The van der Waals surface area contributed by atoms with Crippen LogP contribution in [0.2, 0.25) is 0 Å². The molecule has 5 aromatic rings. The summed E-state index contributed by atoms with van der Waals surface area (Å²) in [5, 5.41) is 11.1. The molecule has 3 aliphatic rings. The first-order valence-corrected chi connectivity index (χ1v) is 21.6. The zero-order valence-corrected chi connectivity index (χ0v) is 34.4. The second-order valence-corrected chi connectivity index (χ2v) is 18.2. The van der Waals surface area contributed by atoms with Gasteiger partial charge in [0.25, 0.3) is 5.56 Å². The number of piperidine rings is 2. The van der Waals surface area contributed by atoms with E-state index >= 15 is 0 Å². The average molecular weight is 849 g/mol. The number of carbonyl (C=O) groups is 2. The SMILES string of the molecule is CC(Cc1cccc(S(=O)(=O)N2CCC(Nc3ncc4cc(C(F)(F)F)c(=O)n(C)c4n3)CC2)c1)CN1CCC(c2ccc3c(N4CCC(=O)NC4=O)nn(C)c3c2)CC1. The molecule has 15 nitrogen and oxygen atoms in total. The fraction of sp³-hybridized carbons (Fsp3) is 0.463. The largest absolute Gasteiger partial charge is 0.421 e. The number of alkyl halides is 3. The third kappa shape index (κ3) is 8.34. The van der Waals surface area contributed by atoms with Crippen LogP contribution in [-0.4, -0.2) is 99.2 Å². The van der Waals surface area contributed by atoms with E-state index in [1.165, 1.54) is 28.0 Å². The molecule has 0 saturated carbocycles. The first kappa shape index (κ1) is 41.3. The number of nitrogens with one attached hydrogen (secondary N) is 2. The van der Waals surface area contributed by atoms with E-state index in [1.807, 2.05) is 19.2 Å². The molecule has 8 rings (SSSR count). The van der Waals surface area contributed by atoms with E-state index in [0.29, 0.717) is 37.0 Å². The number of anilines is 2. The molecule has 0 bridgehead atoms. The Hall–Kier alpha value is -5.40. The quantitative estimate of drug-likeness (QED) is 0.195. The van der Waals surface area contributed by atoms with Crippen LogP contribution in [0.4, 0.5) is 29.7 Å². The number of imide groups is 1. The van der Waals surface area contributed by atoms with E-state index in [-0.39, 0.29) is 53.3 Å². The average Bonchev–Trinajstić information content (AvgIpc) is 3.54. The summed E-state index contributed by atoms with van der Waals surface area (Å²) in [5.74, 6) is 1.10.